The Kier molecular flexibility index (Phi) is 6.86. The van der Waals surface area contributed by atoms with Gasteiger partial charge in [0.05, 0.1) is 12.3 Å². The minimum Gasteiger partial charge on any atom is -0.378 e. The van der Waals surface area contributed by atoms with Gasteiger partial charge in [-0.15, -0.1) is 0 Å². The second-order valence-electron chi connectivity index (χ2n) is 4.31. The van der Waals surface area contributed by atoms with Crippen LogP contribution in [0.5, 0.6) is 0 Å². The van der Waals surface area contributed by atoms with Crippen molar-refractivity contribution < 1.29 is 18.9 Å². The van der Waals surface area contributed by atoms with Crippen LogP contribution in [0.4, 0.5) is 0 Å². The van der Waals surface area contributed by atoms with Gasteiger partial charge in [0.1, 0.15) is 6.10 Å². The van der Waals surface area contributed by atoms with E-state index in [4.69, 9.17) is 18.9 Å². The standard InChI is InChI=1S/C12H24N4O4/c1-8(17-3)11-14-15-12(9(2)18-4)16(11)13-7-10(19-5)20-6/h7-11,14H,1-6H3/b13-7+/t8-,9-,11?/m0/s1. The van der Waals surface area contributed by atoms with Gasteiger partial charge >= 0.3 is 0 Å². The molecule has 0 bridgehead atoms. The molecule has 0 saturated heterocycles. The molecule has 1 rings (SSSR count). The van der Waals surface area contributed by atoms with Crippen LogP contribution in [0.25, 0.3) is 0 Å². The van der Waals surface area contributed by atoms with Gasteiger partial charge in [0.15, 0.2) is 18.3 Å². The first-order valence-corrected chi connectivity index (χ1v) is 6.36. The summed E-state index contributed by atoms with van der Waals surface area (Å²) < 4.78 is 20.8. The lowest BCUT2D eigenvalue weighted by Gasteiger charge is -2.27. The molecule has 0 radical (unpaired) electrons. The summed E-state index contributed by atoms with van der Waals surface area (Å²) in [4.78, 5) is 0. The third-order valence-electron chi connectivity index (χ3n) is 3.12. The molecule has 1 aliphatic rings. The number of hydrogen-bond donors (Lipinski definition) is 1. The second kappa shape index (κ2) is 8.15. The predicted molar refractivity (Wildman–Crippen MR) is 75.4 cm³/mol. The molecule has 0 amide bonds. The summed E-state index contributed by atoms with van der Waals surface area (Å²) in [6.45, 7) is 3.83. The molecule has 0 aliphatic carbocycles. The van der Waals surface area contributed by atoms with E-state index in [1.807, 2.05) is 13.8 Å². The number of hydrazone groups is 2. The number of nitrogens with one attached hydrogen (secondary N) is 1. The van der Waals surface area contributed by atoms with Gasteiger partial charge in [0, 0.05) is 28.4 Å². The summed E-state index contributed by atoms with van der Waals surface area (Å²) in [5, 5.41) is 10.3. The average Bonchev–Trinajstić information content (AvgIpc) is 2.90. The highest BCUT2D eigenvalue weighted by molar-refractivity contribution is 5.88. The Morgan fingerprint density at radius 3 is 2.30 bits per heavy atom. The maximum Gasteiger partial charge on any atom is 0.195 e. The van der Waals surface area contributed by atoms with Crippen LogP contribution in [0, 0.1) is 0 Å². The highest BCUT2D eigenvalue weighted by Gasteiger charge is 2.34. The molecule has 1 heterocycles. The number of nitrogens with zero attached hydrogens (tertiary/aromatic N) is 3. The zero-order valence-corrected chi connectivity index (χ0v) is 12.9. The molecule has 1 N–H and O–H groups in total. The van der Waals surface area contributed by atoms with Crippen molar-refractivity contribution in [2.75, 3.05) is 28.4 Å². The zero-order valence-electron chi connectivity index (χ0n) is 12.9. The van der Waals surface area contributed by atoms with E-state index in [0.29, 0.717) is 5.84 Å². The van der Waals surface area contributed by atoms with Crippen molar-refractivity contribution >= 4 is 12.1 Å². The number of methoxy groups -OCH3 is 4. The lowest BCUT2D eigenvalue weighted by atomic mass is 10.3. The quantitative estimate of drug-likeness (QED) is 0.508. The minimum absolute atomic E-state index is 0.110. The summed E-state index contributed by atoms with van der Waals surface area (Å²) >= 11 is 0. The molecule has 0 aromatic carbocycles. The summed E-state index contributed by atoms with van der Waals surface area (Å²) in [6, 6.07) is 0. The molecule has 8 nitrogen and oxygen atoms in total. The fourth-order valence-corrected chi connectivity index (χ4v) is 1.67. The van der Waals surface area contributed by atoms with Gasteiger partial charge in [-0.1, -0.05) is 0 Å². The Morgan fingerprint density at radius 2 is 1.80 bits per heavy atom. The zero-order chi connectivity index (χ0) is 15.1. The SMILES string of the molecule is COC(/C=N/N1C([C@H](C)OC)=NNC1[C@H](C)OC)OC. The van der Waals surface area contributed by atoms with Gasteiger partial charge in [0.25, 0.3) is 0 Å². The van der Waals surface area contributed by atoms with E-state index in [-0.39, 0.29) is 18.4 Å². The normalized spacial score (nSPS) is 22.2. The Hall–Kier alpha value is -1.22. The lowest BCUT2D eigenvalue weighted by molar-refractivity contribution is -0.0495. The highest BCUT2D eigenvalue weighted by Crippen LogP contribution is 2.15. The summed E-state index contributed by atoms with van der Waals surface area (Å²) in [5.41, 5.74) is 3.00. The monoisotopic (exact) mass is 288 g/mol. The Bertz CT molecular complexity index is 346. The van der Waals surface area contributed by atoms with Gasteiger partial charge in [-0.2, -0.15) is 10.2 Å². The van der Waals surface area contributed by atoms with Gasteiger partial charge in [-0.05, 0) is 13.8 Å². The van der Waals surface area contributed by atoms with E-state index < -0.39 is 6.29 Å². The topological polar surface area (TPSA) is 76.9 Å². The Morgan fingerprint density at radius 1 is 1.15 bits per heavy atom. The fraction of sp³-hybridized carbons (Fsp3) is 0.833. The van der Waals surface area contributed by atoms with Crippen molar-refractivity contribution in [3.8, 4) is 0 Å². The first kappa shape index (κ1) is 16.8. The van der Waals surface area contributed by atoms with Crippen LogP contribution in [-0.2, 0) is 18.9 Å². The van der Waals surface area contributed by atoms with Crippen LogP contribution >= 0.6 is 0 Å². The molecule has 0 fully saturated rings. The van der Waals surface area contributed by atoms with Crippen molar-refractivity contribution in [1.29, 1.82) is 0 Å². The number of amidine groups is 1. The van der Waals surface area contributed by atoms with Crippen LogP contribution < -0.4 is 5.43 Å². The highest BCUT2D eigenvalue weighted by atomic mass is 16.7. The van der Waals surface area contributed by atoms with Crippen LogP contribution in [0.2, 0.25) is 0 Å². The number of ether oxygens (including phenoxy) is 4. The van der Waals surface area contributed by atoms with Crippen LogP contribution in [0.3, 0.4) is 0 Å². The predicted octanol–water partition coefficient (Wildman–Crippen LogP) is 0.206. The van der Waals surface area contributed by atoms with Crippen molar-refractivity contribution in [2.24, 2.45) is 10.2 Å². The molecular formula is C12H24N4O4. The molecule has 8 heteroatoms. The largest absolute Gasteiger partial charge is 0.378 e. The first-order chi connectivity index (χ1) is 9.58. The molecular weight excluding hydrogens is 264 g/mol. The smallest absolute Gasteiger partial charge is 0.195 e. The van der Waals surface area contributed by atoms with E-state index >= 15 is 0 Å². The number of rotatable bonds is 8. The molecule has 0 spiro atoms. The minimum atomic E-state index is -0.520. The maximum absolute atomic E-state index is 5.33. The van der Waals surface area contributed by atoms with E-state index in [1.54, 1.807) is 39.7 Å². The van der Waals surface area contributed by atoms with Crippen molar-refractivity contribution in [1.82, 2.24) is 10.4 Å². The molecule has 0 aromatic heterocycles. The first-order valence-electron chi connectivity index (χ1n) is 6.36. The van der Waals surface area contributed by atoms with Crippen LogP contribution in [-0.4, -0.2) is 70.2 Å². The van der Waals surface area contributed by atoms with Crippen molar-refractivity contribution in [3.63, 3.8) is 0 Å². The van der Waals surface area contributed by atoms with Crippen molar-refractivity contribution in [3.05, 3.63) is 0 Å². The maximum atomic E-state index is 5.33. The molecule has 20 heavy (non-hydrogen) atoms. The summed E-state index contributed by atoms with van der Waals surface area (Å²) in [7, 11) is 6.35. The third-order valence-corrected chi connectivity index (χ3v) is 3.12. The second-order valence-corrected chi connectivity index (χ2v) is 4.31. The van der Waals surface area contributed by atoms with Crippen LogP contribution in [0.1, 0.15) is 13.8 Å². The lowest BCUT2D eigenvalue weighted by Crippen LogP contribution is -2.47. The van der Waals surface area contributed by atoms with E-state index in [2.05, 4.69) is 15.6 Å². The fourth-order valence-electron chi connectivity index (χ4n) is 1.67. The molecule has 0 aromatic rings. The van der Waals surface area contributed by atoms with Gasteiger partial charge in [0.2, 0.25) is 0 Å². The Balaban J connectivity index is 2.88. The summed E-state index contributed by atoms with van der Waals surface area (Å²) in [5.74, 6) is 0.670. The molecule has 3 atom stereocenters. The number of hydrogen-bond acceptors (Lipinski definition) is 8. The van der Waals surface area contributed by atoms with Crippen molar-refractivity contribution in [2.45, 2.75) is 38.5 Å². The molecule has 1 aliphatic heterocycles. The average molecular weight is 288 g/mol. The molecule has 116 valence electrons. The van der Waals surface area contributed by atoms with Gasteiger partial charge in [-0.3, -0.25) is 5.43 Å². The van der Waals surface area contributed by atoms with Gasteiger partial charge < -0.3 is 18.9 Å². The molecule has 1 unspecified atom stereocenters. The summed E-state index contributed by atoms with van der Waals surface area (Å²) in [6.07, 6.45) is 0.518. The van der Waals surface area contributed by atoms with Gasteiger partial charge in [-0.25, -0.2) is 5.01 Å². The molecule has 0 saturated carbocycles. The van der Waals surface area contributed by atoms with E-state index in [9.17, 15) is 0 Å². The van der Waals surface area contributed by atoms with E-state index in [1.165, 1.54) is 0 Å². The third kappa shape index (κ3) is 3.89. The van der Waals surface area contributed by atoms with Crippen LogP contribution in [0.15, 0.2) is 10.2 Å². The Labute approximate surface area is 119 Å². The van der Waals surface area contributed by atoms with E-state index in [0.717, 1.165) is 0 Å².